The van der Waals surface area contributed by atoms with E-state index in [1.807, 2.05) is 0 Å². The molecule has 0 aromatic carbocycles. The normalized spacial score (nSPS) is 30.6. The van der Waals surface area contributed by atoms with Gasteiger partial charge in [-0.05, 0) is 13.5 Å². The predicted octanol–water partition coefficient (Wildman–Crippen LogP) is 2.71. The van der Waals surface area contributed by atoms with Crippen LogP contribution in [0.2, 0.25) is 0 Å². The van der Waals surface area contributed by atoms with Crippen molar-refractivity contribution in [2.75, 3.05) is 39.8 Å². The van der Waals surface area contributed by atoms with E-state index in [4.69, 9.17) is 0 Å². The van der Waals surface area contributed by atoms with E-state index in [9.17, 15) is 0 Å². The summed E-state index contributed by atoms with van der Waals surface area (Å²) < 4.78 is 0. The van der Waals surface area contributed by atoms with Crippen LogP contribution in [-0.2, 0) is 0 Å². The highest BCUT2D eigenvalue weighted by Crippen LogP contribution is 2.21. The molecule has 0 aromatic rings. The van der Waals surface area contributed by atoms with Crippen LogP contribution in [0.5, 0.6) is 0 Å². The van der Waals surface area contributed by atoms with Crippen LogP contribution in [0.15, 0.2) is 0 Å². The molecule has 2 bridgehead atoms. The number of nitrogens with one attached hydrogen (secondary N) is 1. The van der Waals surface area contributed by atoms with E-state index in [0.29, 0.717) is 6.04 Å². The zero-order valence-electron chi connectivity index (χ0n) is 13.7. The van der Waals surface area contributed by atoms with Gasteiger partial charge < -0.3 is 5.32 Å². The van der Waals surface area contributed by atoms with Gasteiger partial charge in [-0.2, -0.15) is 0 Å². The van der Waals surface area contributed by atoms with Crippen LogP contribution in [0.3, 0.4) is 0 Å². The van der Waals surface area contributed by atoms with Crippen LogP contribution in [-0.4, -0.2) is 61.7 Å². The minimum atomic E-state index is 0.703. The highest BCUT2D eigenvalue weighted by Gasteiger charge is 2.35. The second-order valence-corrected chi connectivity index (χ2v) is 6.71. The number of rotatable bonds is 10. The lowest BCUT2D eigenvalue weighted by Gasteiger charge is -2.50. The fourth-order valence-corrected chi connectivity index (χ4v) is 3.89. The summed E-state index contributed by atoms with van der Waals surface area (Å²) in [5.41, 5.74) is 0. The molecule has 0 aromatic heterocycles. The number of piperazine rings is 3. The van der Waals surface area contributed by atoms with Gasteiger partial charge in [0.25, 0.3) is 0 Å². The molecule has 118 valence electrons. The Morgan fingerprint density at radius 1 is 0.950 bits per heavy atom. The van der Waals surface area contributed by atoms with Crippen LogP contribution in [0.4, 0.5) is 0 Å². The number of nitrogens with zero attached hydrogens (tertiary/aromatic N) is 2. The molecule has 0 spiro atoms. The molecule has 0 saturated carbocycles. The van der Waals surface area contributed by atoms with Gasteiger partial charge in [0.15, 0.2) is 0 Å². The van der Waals surface area contributed by atoms with Crippen LogP contribution in [0, 0.1) is 0 Å². The van der Waals surface area contributed by atoms with Crippen LogP contribution in [0.1, 0.15) is 58.3 Å². The minimum absolute atomic E-state index is 0.703. The first kappa shape index (κ1) is 16.3. The number of likely N-dealkylation sites (N-methyl/N-ethyl adjacent to an activating group) is 1. The van der Waals surface area contributed by atoms with Crippen molar-refractivity contribution in [2.45, 2.75) is 70.4 Å². The summed E-state index contributed by atoms with van der Waals surface area (Å²) >= 11 is 0. The van der Waals surface area contributed by atoms with E-state index < -0.39 is 0 Å². The number of fused-ring (bicyclic) bond motifs is 3. The number of hydrogen-bond donors (Lipinski definition) is 1. The molecule has 20 heavy (non-hydrogen) atoms. The van der Waals surface area contributed by atoms with Crippen LogP contribution in [0.25, 0.3) is 0 Å². The van der Waals surface area contributed by atoms with Crippen molar-refractivity contribution in [3.63, 3.8) is 0 Å². The molecular formula is C17H35N3. The first-order chi connectivity index (χ1) is 9.85. The molecule has 2 unspecified atom stereocenters. The second-order valence-electron chi connectivity index (χ2n) is 6.71. The maximum absolute atomic E-state index is 3.60. The lowest BCUT2D eigenvalue weighted by Crippen LogP contribution is -2.66. The maximum Gasteiger partial charge on any atom is 0.0377 e. The number of hydrogen-bond acceptors (Lipinski definition) is 3. The van der Waals surface area contributed by atoms with Crippen molar-refractivity contribution >= 4 is 0 Å². The summed E-state index contributed by atoms with van der Waals surface area (Å²) in [5, 5.41) is 3.60. The van der Waals surface area contributed by atoms with Gasteiger partial charge in [0.05, 0.1) is 0 Å². The third-order valence-corrected chi connectivity index (χ3v) is 5.28. The van der Waals surface area contributed by atoms with Gasteiger partial charge in [-0.1, -0.05) is 51.9 Å². The Labute approximate surface area is 126 Å². The molecule has 3 nitrogen and oxygen atoms in total. The largest absolute Gasteiger partial charge is 0.315 e. The lowest BCUT2D eigenvalue weighted by molar-refractivity contribution is -0.00367. The Bertz CT molecular complexity index is 249. The summed E-state index contributed by atoms with van der Waals surface area (Å²) in [6, 6.07) is 1.47. The van der Waals surface area contributed by atoms with Crippen molar-refractivity contribution < 1.29 is 0 Å². The maximum atomic E-state index is 3.60. The monoisotopic (exact) mass is 281 g/mol. The Hall–Kier alpha value is -0.120. The SMILES string of the molecule is CCCCCCCCCC(NC)C1CN2CCN1CC2. The van der Waals surface area contributed by atoms with E-state index in [0.717, 1.165) is 6.04 Å². The van der Waals surface area contributed by atoms with Crippen molar-refractivity contribution in [3.8, 4) is 0 Å². The van der Waals surface area contributed by atoms with Gasteiger partial charge in [-0.15, -0.1) is 0 Å². The van der Waals surface area contributed by atoms with Gasteiger partial charge >= 0.3 is 0 Å². The molecule has 3 heteroatoms. The van der Waals surface area contributed by atoms with Crippen LogP contribution < -0.4 is 5.32 Å². The van der Waals surface area contributed by atoms with Gasteiger partial charge in [0.1, 0.15) is 0 Å². The van der Waals surface area contributed by atoms with E-state index in [-0.39, 0.29) is 0 Å². The molecule has 3 aliphatic rings. The topological polar surface area (TPSA) is 18.5 Å². The van der Waals surface area contributed by atoms with Gasteiger partial charge in [-0.3, -0.25) is 9.80 Å². The highest BCUT2D eigenvalue weighted by atomic mass is 15.4. The Morgan fingerprint density at radius 2 is 1.60 bits per heavy atom. The summed E-state index contributed by atoms with van der Waals surface area (Å²) in [6.07, 6.45) is 11.3. The number of unbranched alkanes of at least 4 members (excludes halogenated alkanes) is 6. The summed E-state index contributed by atoms with van der Waals surface area (Å²) in [5.74, 6) is 0. The molecule has 0 amide bonds. The molecule has 2 atom stereocenters. The lowest BCUT2D eigenvalue weighted by atomic mass is 9.95. The van der Waals surface area contributed by atoms with Gasteiger partial charge in [0.2, 0.25) is 0 Å². The Morgan fingerprint density at radius 3 is 2.15 bits per heavy atom. The fraction of sp³-hybridized carbons (Fsp3) is 1.00. The minimum Gasteiger partial charge on any atom is -0.315 e. The third kappa shape index (κ3) is 4.71. The first-order valence-corrected chi connectivity index (χ1v) is 8.98. The van der Waals surface area contributed by atoms with Crippen LogP contribution >= 0.6 is 0 Å². The highest BCUT2D eigenvalue weighted by molar-refractivity contribution is 4.94. The van der Waals surface area contributed by atoms with Gasteiger partial charge in [-0.25, -0.2) is 0 Å². The standard InChI is InChI=1S/C17H35N3/c1-3-4-5-6-7-8-9-10-16(18-2)17-15-19-11-13-20(17)14-12-19/h16-18H,3-15H2,1-2H3. The Balaban J connectivity index is 1.60. The summed E-state index contributed by atoms with van der Waals surface area (Å²) in [7, 11) is 2.16. The molecule has 1 N–H and O–H groups in total. The van der Waals surface area contributed by atoms with Crippen molar-refractivity contribution in [3.05, 3.63) is 0 Å². The predicted molar refractivity (Wildman–Crippen MR) is 87.3 cm³/mol. The van der Waals surface area contributed by atoms with E-state index in [1.54, 1.807) is 0 Å². The quantitative estimate of drug-likeness (QED) is 0.621. The van der Waals surface area contributed by atoms with E-state index in [2.05, 4.69) is 29.1 Å². The molecule has 3 aliphatic heterocycles. The molecule has 0 aliphatic carbocycles. The second kappa shape index (κ2) is 9.01. The fourth-order valence-electron chi connectivity index (χ4n) is 3.89. The van der Waals surface area contributed by atoms with Crippen molar-refractivity contribution in [1.29, 1.82) is 0 Å². The average Bonchev–Trinajstić information content (AvgIpc) is 2.51. The Kier molecular flexibility index (Phi) is 7.32. The molecule has 3 saturated heterocycles. The average molecular weight is 281 g/mol. The molecule has 0 radical (unpaired) electrons. The summed E-state index contributed by atoms with van der Waals surface area (Å²) in [4.78, 5) is 5.38. The zero-order chi connectivity index (χ0) is 14.2. The first-order valence-electron chi connectivity index (χ1n) is 8.98. The van der Waals surface area contributed by atoms with E-state index >= 15 is 0 Å². The molecule has 3 rings (SSSR count). The van der Waals surface area contributed by atoms with Crippen molar-refractivity contribution in [1.82, 2.24) is 15.1 Å². The molecule has 3 fully saturated rings. The molecular weight excluding hydrogens is 246 g/mol. The smallest absolute Gasteiger partial charge is 0.0377 e. The van der Waals surface area contributed by atoms with Gasteiger partial charge in [0, 0.05) is 44.8 Å². The summed E-state index contributed by atoms with van der Waals surface area (Å²) in [6.45, 7) is 8.76. The zero-order valence-corrected chi connectivity index (χ0v) is 13.7. The van der Waals surface area contributed by atoms with E-state index in [1.165, 1.54) is 84.1 Å². The van der Waals surface area contributed by atoms with Crippen molar-refractivity contribution in [2.24, 2.45) is 0 Å². The third-order valence-electron chi connectivity index (χ3n) is 5.28. The molecule has 3 heterocycles.